The molecule has 0 spiro atoms. The fraction of sp³-hybridized carbons (Fsp3) is 0.310. The number of nitrogens with zero attached hydrogens (tertiary/aromatic N) is 5. The van der Waals surface area contributed by atoms with Gasteiger partial charge in [0, 0.05) is 29.8 Å². The monoisotopic (exact) mass is 528 g/mol. The first kappa shape index (κ1) is 26.3. The molecule has 1 aromatic carbocycles. The Morgan fingerprint density at radius 2 is 1.95 bits per heavy atom. The van der Waals surface area contributed by atoms with E-state index >= 15 is 4.39 Å². The predicted molar refractivity (Wildman–Crippen MR) is 143 cm³/mol. The van der Waals surface area contributed by atoms with Gasteiger partial charge in [0.1, 0.15) is 11.5 Å². The lowest BCUT2D eigenvalue weighted by molar-refractivity contribution is 0.0969. The van der Waals surface area contributed by atoms with Crippen LogP contribution in [0.4, 0.5) is 4.39 Å². The number of pyridine rings is 2. The third-order valence-corrected chi connectivity index (χ3v) is 6.50. The molecule has 0 amide bonds. The van der Waals surface area contributed by atoms with E-state index in [-0.39, 0.29) is 29.9 Å². The molecule has 5 rings (SSSR count). The van der Waals surface area contributed by atoms with Crippen LogP contribution in [0.15, 0.2) is 53.3 Å². The Bertz CT molecular complexity index is 1640. The Morgan fingerprint density at radius 1 is 1.13 bits per heavy atom. The van der Waals surface area contributed by atoms with Crippen LogP contribution in [-0.2, 0) is 11.8 Å². The van der Waals surface area contributed by atoms with Crippen LogP contribution in [0.5, 0.6) is 0 Å². The highest BCUT2D eigenvalue weighted by Gasteiger charge is 2.24. The zero-order valence-corrected chi connectivity index (χ0v) is 22.2. The van der Waals surface area contributed by atoms with Gasteiger partial charge in [0.25, 0.3) is 0 Å². The average molecular weight is 529 g/mol. The molecule has 0 aliphatic carbocycles. The standard InChI is InChI=1S/C29H29FN6O3/c1-5-22(37)18-8-10-21(32-15-18)25-33-24-19(12-13-31-27(24)34-25)17-7-6-16(20(30)14-17)9-11-23(38)26-35-28(39-36-26)29(2,3)4/h6-8,10,12-15,22,37H,5,9,11H2,1-4H3,(H,31,33,34). The van der Waals surface area contributed by atoms with E-state index in [1.807, 2.05) is 39.8 Å². The van der Waals surface area contributed by atoms with Gasteiger partial charge in [-0.05, 0) is 47.7 Å². The maximum Gasteiger partial charge on any atom is 0.238 e. The molecular formula is C29H29FN6O3. The predicted octanol–water partition coefficient (Wildman–Crippen LogP) is 5.77. The van der Waals surface area contributed by atoms with E-state index in [0.717, 1.165) is 11.1 Å². The van der Waals surface area contributed by atoms with Crippen molar-refractivity contribution in [1.29, 1.82) is 0 Å². The van der Waals surface area contributed by atoms with Crippen molar-refractivity contribution in [1.82, 2.24) is 30.1 Å². The van der Waals surface area contributed by atoms with E-state index < -0.39 is 11.9 Å². The molecule has 0 saturated carbocycles. The number of aromatic nitrogens is 6. The number of nitrogens with one attached hydrogen (secondary N) is 1. The van der Waals surface area contributed by atoms with Gasteiger partial charge in [-0.1, -0.05) is 51.1 Å². The minimum atomic E-state index is -0.563. The normalized spacial score (nSPS) is 12.7. The fourth-order valence-electron chi connectivity index (χ4n) is 4.17. The number of aromatic amines is 1. The van der Waals surface area contributed by atoms with Crippen molar-refractivity contribution in [3.8, 4) is 22.6 Å². The smallest absolute Gasteiger partial charge is 0.238 e. The molecule has 5 aromatic rings. The second kappa shape index (κ2) is 10.5. The van der Waals surface area contributed by atoms with E-state index in [4.69, 9.17) is 4.52 Å². The molecular weight excluding hydrogens is 499 g/mol. The molecule has 4 aromatic heterocycles. The number of carbonyl (C=O) groups excluding carboxylic acids is 1. The SMILES string of the molecule is CCC(O)c1ccc(-c2nc3nccc(-c4ccc(CCC(=O)c5noc(C(C)(C)C)n5)c(F)c4)c3[nH]2)nc1. The van der Waals surface area contributed by atoms with Gasteiger partial charge in [-0.3, -0.25) is 9.78 Å². The average Bonchev–Trinajstić information content (AvgIpc) is 3.60. The Labute approximate surface area is 224 Å². The summed E-state index contributed by atoms with van der Waals surface area (Å²) in [4.78, 5) is 33.3. The zero-order valence-electron chi connectivity index (χ0n) is 22.2. The first-order valence-corrected chi connectivity index (χ1v) is 12.8. The number of fused-ring (bicyclic) bond motifs is 1. The molecule has 10 heteroatoms. The summed E-state index contributed by atoms with van der Waals surface area (Å²) in [7, 11) is 0. The first-order valence-electron chi connectivity index (χ1n) is 12.8. The molecule has 0 fully saturated rings. The summed E-state index contributed by atoms with van der Waals surface area (Å²) in [6.07, 6.45) is 3.56. The molecule has 39 heavy (non-hydrogen) atoms. The molecule has 9 nitrogen and oxygen atoms in total. The highest BCUT2D eigenvalue weighted by Crippen LogP contribution is 2.30. The molecule has 0 aliphatic rings. The van der Waals surface area contributed by atoms with Gasteiger partial charge in [0.15, 0.2) is 11.5 Å². The Balaban J connectivity index is 1.35. The van der Waals surface area contributed by atoms with Gasteiger partial charge in [-0.2, -0.15) is 4.98 Å². The Hall–Kier alpha value is -4.31. The summed E-state index contributed by atoms with van der Waals surface area (Å²) in [5.74, 6) is 0.200. The Morgan fingerprint density at radius 3 is 2.62 bits per heavy atom. The van der Waals surface area contributed by atoms with Crippen LogP contribution in [0.25, 0.3) is 33.8 Å². The summed E-state index contributed by atoms with van der Waals surface area (Å²) in [5, 5.41) is 13.8. The number of aliphatic hydroxyl groups excluding tert-OH is 1. The van der Waals surface area contributed by atoms with Crippen molar-refractivity contribution in [3.63, 3.8) is 0 Å². The molecule has 0 saturated heterocycles. The number of aliphatic hydroxyl groups is 1. The Kier molecular flexibility index (Phi) is 7.05. The van der Waals surface area contributed by atoms with Crippen LogP contribution in [0.2, 0.25) is 0 Å². The van der Waals surface area contributed by atoms with E-state index in [0.29, 0.717) is 46.1 Å². The van der Waals surface area contributed by atoms with E-state index in [1.165, 1.54) is 6.07 Å². The number of benzene rings is 1. The number of hydrogen-bond donors (Lipinski definition) is 2. The number of rotatable bonds is 8. The maximum absolute atomic E-state index is 15.1. The minimum Gasteiger partial charge on any atom is -0.388 e. The summed E-state index contributed by atoms with van der Waals surface area (Å²) in [5.41, 5.74) is 3.91. The van der Waals surface area contributed by atoms with Gasteiger partial charge in [0.05, 0.1) is 11.6 Å². The van der Waals surface area contributed by atoms with Crippen molar-refractivity contribution >= 4 is 16.9 Å². The minimum absolute atomic E-state index is 0.0110. The van der Waals surface area contributed by atoms with Gasteiger partial charge in [-0.15, -0.1) is 0 Å². The summed E-state index contributed by atoms with van der Waals surface area (Å²) >= 11 is 0. The number of halogens is 1. The highest BCUT2D eigenvalue weighted by atomic mass is 19.1. The van der Waals surface area contributed by atoms with Gasteiger partial charge >= 0.3 is 0 Å². The molecule has 200 valence electrons. The van der Waals surface area contributed by atoms with Crippen LogP contribution in [-0.4, -0.2) is 41.0 Å². The largest absolute Gasteiger partial charge is 0.388 e. The summed E-state index contributed by atoms with van der Waals surface area (Å²) in [6.45, 7) is 7.65. The molecule has 2 N–H and O–H groups in total. The van der Waals surface area contributed by atoms with E-state index in [1.54, 1.807) is 30.6 Å². The van der Waals surface area contributed by atoms with Crippen LogP contribution < -0.4 is 0 Å². The fourth-order valence-corrected chi connectivity index (χ4v) is 4.17. The number of carbonyl (C=O) groups is 1. The van der Waals surface area contributed by atoms with Crippen molar-refractivity contribution in [2.45, 2.75) is 58.5 Å². The number of ketones is 1. The zero-order chi connectivity index (χ0) is 27.7. The van der Waals surface area contributed by atoms with Crippen molar-refractivity contribution in [3.05, 3.63) is 77.5 Å². The van der Waals surface area contributed by atoms with E-state index in [9.17, 15) is 9.90 Å². The topological polar surface area (TPSA) is 131 Å². The third kappa shape index (κ3) is 5.46. The lowest BCUT2D eigenvalue weighted by atomic mass is 9.97. The van der Waals surface area contributed by atoms with Gasteiger partial charge in [-0.25, -0.2) is 14.4 Å². The molecule has 4 heterocycles. The molecule has 1 atom stereocenters. The van der Waals surface area contributed by atoms with Crippen LogP contribution in [0.3, 0.4) is 0 Å². The molecule has 0 aliphatic heterocycles. The molecule has 0 bridgehead atoms. The van der Waals surface area contributed by atoms with E-state index in [2.05, 4.69) is 30.1 Å². The third-order valence-electron chi connectivity index (χ3n) is 6.50. The number of aryl methyl sites for hydroxylation is 1. The van der Waals surface area contributed by atoms with Gasteiger partial charge < -0.3 is 14.6 Å². The lowest BCUT2D eigenvalue weighted by Gasteiger charge is -2.10. The number of Topliss-reactive ketones (excluding diaryl/α,β-unsaturated/α-hetero) is 1. The van der Waals surface area contributed by atoms with Crippen LogP contribution in [0.1, 0.15) is 74.3 Å². The lowest BCUT2D eigenvalue weighted by Crippen LogP contribution is -2.12. The second-order valence-corrected chi connectivity index (χ2v) is 10.4. The summed E-state index contributed by atoms with van der Waals surface area (Å²) in [6, 6.07) is 10.3. The number of H-pyrrole nitrogens is 1. The molecule has 1 unspecified atom stereocenters. The van der Waals surface area contributed by atoms with Crippen LogP contribution in [0, 0.1) is 5.82 Å². The van der Waals surface area contributed by atoms with Crippen molar-refractivity contribution in [2.24, 2.45) is 0 Å². The number of hydrogen-bond acceptors (Lipinski definition) is 8. The maximum atomic E-state index is 15.1. The molecule has 0 radical (unpaired) electrons. The number of imidazole rings is 1. The van der Waals surface area contributed by atoms with Gasteiger partial charge in [0.2, 0.25) is 17.5 Å². The van der Waals surface area contributed by atoms with Crippen LogP contribution >= 0.6 is 0 Å². The highest BCUT2D eigenvalue weighted by molar-refractivity contribution is 5.93. The first-order chi connectivity index (χ1) is 18.6. The quantitative estimate of drug-likeness (QED) is 0.243. The van der Waals surface area contributed by atoms with Crippen molar-refractivity contribution in [2.75, 3.05) is 0 Å². The second-order valence-electron chi connectivity index (χ2n) is 10.4. The van der Waals surface area contributed by atoms with Crippen molar-refractivity contribution < 1.29 is 18.8 Å². The summed E-state index contributed by atoms with van der Waals surface area (Å²) < 4.78 is 20.3.